The average Bonchev–Trinajstić information content (AvgIpc) is 1.97. The van der Waals surface area contributed by atoms with E-state index in [1.54, 1.807) is 0 Å². The molecule has 0 saturated heterocycles. The Balaban J connectivity index is 3.57. The molecule has 0 aromatic carbocycles. The zero-order chi connectivity index (χ0) is 8.69. The maximum Gasteiger partial charge on any atom is 0.0220 e. The lowest BCUT2D eigenvalue weighted by Gasteiger charge is -2.03. The molecule has 0 saturated carbocycles. The van der Waals surface area contributed by atoms with Crippen LogP contribution in [0.1, 0.15) is 20.3 Å². The van der Waals surface area contributed by atoms with Crippen molar-refractivity contribution in [2.45, 2.75) is 20.3 Å². The van der Waals surface area contributed by atoms with E-state index in [0.717, 1.165) is 18.5 Å². The van der Waals surface area contributed by atoms with Crippen LogP contribution in [0.3, 0.4) is 0 Å². The molecule has 0 bridgehead atoms. The summed E-state index contributed by atoms with van der Waals surface area (Å²) >= 11 is 0. The first-order valence-corrected chi connectivity index (χ1v) is 3.93. The Hall–Kier alpha value is -0.740. The van der Waals surface area contributed by atoms with Gasteiger partial charge in [0.1, 0.15) is 0 Å². The normalized spacial score (nSPS) is 11.2. The molecule has 0 unspecified atom stereocenters. The van der Waals surface area contributed by atoms with Gasteiger partial charge in [0, 0.05) is 13.0 Å². The molecule has 1 heteroatoms. The van der Waals surface area contributed by atoms with Gasteiger partial charge in [-0.05, 0) is 33.5 Å². The van der Waals surface area contributed by atoms with E-state index in [0.29, 0.717) is 0 Å². The number of nitrogens with zero attached hydrogens (tertiary/aromatic N) is 1. The van der Waals surface area contributed by atoms with Crippen molar-refractivity contribution in [3.8, 4) is 11.8 Å². The van der Waals surface area contributed by atoms with E-state index in [2.05, 4.69) is 30.8 Å². The largest absolute Gasteiger partial charge is 0.308 e. The summed E-state index contributed by atoms with van der Waals surface area (Å²) in [6.07, 6.45) is 2.99. The molecule has 0 atom stereocenters. The van der Waals surface area contributed by atoms with Crippen molar-refractivity contribution in [1.29, 1.82) is 0 Å². The first kappa shape index (κ1) is 10.3. The van der Waals surface area contributed by atoms with E-state index in [9.17, 15) is 0 Å². The second-order valence-electron chi connectivity index (χ2n) is 2.83. The molecule has 0 aromatic heterocycles. The third-order valence-electron chi connectivity index (χ3n) is 1.40. The minimum Gasteiger partial charge on any atom is -0.308 e. The van der Waals surface area contributed by atoms with Crippen LogP contribution in [-0.4, -0.2) is 25.5 Å². The lowest BCUT2D eigenvalue weighted by molar-refractivity contribution is 0.420. The smallest absolute Gasteiger partial charge is 0.0220 e. The second-order valence-corrected chi connectivity index (χ2v) is 2.83. The van der Waals surface area contributed by atoms with Crippen molar-refractivity contribution in [3.63, 3.8) is 0 Å². The highest BCUT2D eigenvalue weighted by molar-refractivity contribution is 5.25. The molecule has 0 heterocycles. The van der Waals surface area contributed by atoms with E-state index in [1.165, 1.54) is 0 Å². The van der Waals surface area contributed by atoms with Crippen molar-refractivity contribution in [2.24, 2.45) is 0 Å². The van der Waals surface area contributed by atoms with Crippen molar-refractivity contribution in [3.05, 3.63) is 11.6 Å². The molecule has 11 heavy (non-hydrogen) atoms. The fourth-order valence-corrected chi connectivity index (χ4v) is 0.554. The van der Waals surface area contributed by atoms with E-state index < -0.39 is 0 Å². The maximum atomic E-state index is 3.11. The third-order valence-corrected chi connectivity index (χ3v) is 1.40. The van der Waals surface area contributed by atoms with E-state index in [-0.39, 0.29) is 0 Å². The van der Waals surface area contributed by atoms with Gasteiger partial charge in [0.25, 0.3) is 0 Å². The summed E-state index contributed by atoms with van der Waals surface area (Å²) in [6, 6.07) is 0. The van der Waals surface area contributed by atoms with Gasteiger partial charge in [-0.2, -0.15) is 0 Å². The van der Waals surface area contributed by atoms with Crippen LogP contribution < -0.4 is 0 Å². The fraction of sp³-hybridized carbons (Fsp3) is 0.600. The second kappa shape index (κ2) is 6.00. The zero-order valence-electron chi connectivity index (χ0n) is 7.94. The van der Waals surface area contributed by atoms with E-state index in [1.807, 2.05) is 19.9 Å². The van der Waals surface area contributed by atoms with Crippen molar-refractivity contribution >= 4 is 0 Å². The molecule has 0 rings (SSSR count). The van der Waals surface area contributed by atoms with Crippen molar-refractivity contribution < 1.29 is 0 Å². The molecule has 62 valence electrons. The molecule has 0 aliphatic carbocycles. The van der Waals surface area contributed by atoms with Crippen molar-refractivity contribution in [2.75, 3.05) is 20.6 Å². The number of hydrogen-bond donors (Lipinski definition) is 0. The van der Waals surface area contributed by atoms with Gasteiger partial charge in [0.15, 0.2) is 0 Å². The average molecular weight is 151 g/mol. The summed E-state index contributed by atoms with van der Waals surface area (Å²) in [6.45, 7) is 5.09. The summed E-state index contributed by atoms with van der Waals surface area (Å²) in [5, 5.41) is 0. The minimum absolute atomic E-state index is 0.957. The van der Waals surface area contributed by atoms with E-state index >= 15 is 0 Å². The lowest BCUT2D eigenvalue weighted by atomic mass is 10.3. The van der Waals surface area contributed by atoms with Crippen LogP contribution in [0.4, 0.5) is 0 Å². The molecular weight excluding hydrogens is 134 g/mol. The molecule has 0 N–H and O–H groups in total. The molecule has 1 nitrogen and oxygen atoms in total. The fourth-order valence-electron chi connectivity index (χ4n) is 0.554. The third kappa shape index (κ3) is 7.15. The van der Waals surface area contributed by atoms with Crippen LogP contribution in [-0.2, 0) is 0 Å². The minimum atomic E-state index is 0.957. The van der Waals surface area contributed by atoms with Crippen LogP contribution >= 0.6 is 0 Å². The first-order valence-electron chi connectivity index (χ1n) is 3.93. The molecule has 0 amide bonds. The van der Waals surface area contributed by atoms with Crippen LogP contribution in [0.25, 0.3) is 0 Å². The van der Waals surface area contributed by atoms with Gasteiger partial charge in [0.05, 0.1) is 0 Å². The van der Waals surface area contributed by atoms with Crippen molar-refractivity contribution in [1.82, 2.24) is 4.90 Å². The van der Waals surface area contributed by atoms with Gasteiger partial charge in [-0.3, -0.25) is 0 Å². The van der Waals surface area contributed by atoms with Gasteiger partial charge in [-0.25, -0.2) is 0 Å². The Morgan fingerprint density at radius 3 is 2.55 bits per heavy atom. The van der Waals surface area contributed by atoms with Crippen LogP contribution in [0.5, 0.6) is 0 Å². The Kier molecular flexibility index (Phi) is 5.60. The molecule has 0 radical (unpaired) electrons. The Morgan fingerprint density at radius 2 is 2.09 bits per heavy atom. The van der Waals surface area contributed by atoms with Gasteiger partial charge >= 0.3 is 0 Å². The Bertz CT molecular complexity index is 179. The Morgan fingerprint density at radius 1 is 1.45 bits per heavy atom. The first-order chi connectivity index (χ1) is 5.16. The van der Waals surface area contributed by atoms with Gasteiger partial charge in [-0.15, -0.1) is 0 Å². The molecule has 0 aromatic rings. The van der Waals surface area contributed by atoms with Gasteiger partial charge in [0.2, 0.25) is 0 Å². The highest BCUT2D eigenvalue weighted by Crippen LogP contribution is 1.87. The summed E-state index contributed by atoms with van der Waals surface area (Å²) < 4.78 is 0. The van der Waals surface area contributed by atoms with Crippen LogP contribution in [0.15, 0.2) is 11.6 Å². The maximum absolute atomic E-state index is 3.11. The number of rotatable bonds is 2. The summed E-state index contributed by atoms with van der Waals surface area (Å²) in [5.74, 6) is 6.18. The molecule has 0 spiro atoms. The quantitative estimate of drug-likeness (QED) is 0.545. The predicted octanol–water partition coefficient (Wildman–Crippen LogP) is 1.91. The van der Waals surface area contributed by atoms with Gasteiger partial charge < -0.3 is 4.90 Å². The van der Waals surface area contributed by atoms with Gasteiger partial charge in [-0.1, -0.05) is 17.9 Å². The summed E-state index contributed by atoms with van der Waals surface area (Å²) in [7, 11) is 4.12. The number of hydrogen-bond acceptors (Lipinski definition) is 1. The SMILES string of the molecule is CC=C(C)C#CCCN(C)C. The topological polar surface area (TPSA) is 3.24 Å². The summed E-state index contributed by atoms with van der Waals surface area (Å²) in [5.41, 5.74) is 1.16. The Labute approximate surface area is 70.1 Å². The monoisotopic (exact) mass is 151 g/mol. The zero-order valence-corrected chi connectivity index (χ0v) is 7.94. The highest BCUT2D eigenvalue weighted by Gasteiger charge is 1.83. The molecular formula is C10H17N. The lowest BCUT2D eigenvalue weighted by Crippen LogP contribution is -2.11. The van der Waals surface area contributed by atoms with E-state index in [4.69, 9.17) is 0 Å². The number of allylic oxidation sites excluding steroid dienone is 2. The standard InChI is InChI=1S/C10H17N/c1-5-10(2)8-6-7-9-11(3)4/h5H,7,9H2,1-4H3. The molecule has 0 fully saturated rings. The molecule has 0 aliphatic heterocycles. The molecule has 0 aliphatic rings. The predicted molar refractivity (Wildman–Crippen MR) is 50.4 cm³/mol. The summed E-state index contributed by atoms with van der Waals surface area (Å²) in [4.78, 5) is 2.14. The van der Waals surface area contributed by atoms with Crippen LogP contribution in [0.2, 0.25) is 0 Å². The highest BCUT2D eigenvalue weighted by atomic mass is 15.0. The van der Waals surface area contributed by atoms with Crippen LogP contribution in [0, 0.1) is 11.8 Å².